The normalized spacial score (nSPS) is 11.9. The molecule has 1 atom stereocenters. The predicted molar refractivity (Wildman–Crippen MR) is 121 cm³/mol. The van der Waals surface area contributed by atoms with Gasteiger partial charge in [0, 0.05) is 0 Å². The van der Waals surface area contributed by atoms with Crippen molar-refractivity contribution in [2.45, 2.75) is 26.1 Å². The van der Waals surface area contributed by atoms with Crippen LogP contribution >= 0.6 is 0 Å². The van der Waals surface area contributed by atoms with Crippen molar-refractivity contribution in [2.24, 2.45) is 0 Å². The van der Waals surface area contributed by atoms with Gasteiger partial charge in [-0.05, 0) is 30.2 Å². The maximum Gasteiger partial charge on any atom is 0.317 e. The smallest absolute Gasteiger partial charge is 0.317 e. The van der Waals surface area contributed by atoms with Crippen molar-refractivity contribution in [3.8, 4) is 0 Å². The lowest BCUT2D eigenvalue weighted by molar-refractivity contribution is -0.122. The van der Waals surface area contributed by atoms with Gasteiger partial charge in [0.05, 0.1) is 23.6 Å². The highest BCUT2D eigenvalue weighted by Gasteiger charge is 2.17. The van der Waals surface area contributed by atoms with Crippen molar-refractivity contribution >= 4 is 16.9 Å². The van der Waals surface area contributed by atoms with Crippen molar-refractivity contribution in [2.75, 3.05) is 0 Å². The van der Waals surface area contributed by atoms with E-state index in [1.165, 1.54) is 9.13 Å². The molecule has 1 heterocycles. The third kappa shape index (κ3) is 4.33. The van der Waals surface area contributed by atoms with Gasteiger partial charge in [0.15, 0.2) is 0 Å². The maximum absolute atomic E-state index is 12.9. The minimum Gasteiger partial charge on any atom is -0.348 e. The standard InChI is InChI=1S/C25H23N3O3/c1-18(20-12-6-3-7-13-20)26-23(29)17-28-22-15-9-8-14-21(22)27(24(30)25(28)31)16-19-10-4-2-5-11-19/h2-15,18H,16-17H2,1H3,(H,26,29)/t18-/m0/s1. The van der Waals surface area contributed by atoms with Crippen LogP contribution in [0.15, 0.2) is 94.5 Å². The first-order valence-corrected chi connectivity index (χ1v) is 10.1. The minimum atomic E-state index is -0.711. The molecule has 1 amide bonds. The summed E-state index contributed by atoms with van der Waals surface area (Å²) in [4.78, 5) is 38.6. The molecule has 0 aliphatic carbocycles. The van der Waals surface area contributed by atoms with Gasteiger partial charge in [-0.2, -0.15) is 0 Å². The third-order valence-corrected chi connectivity index (χ3v) is 5.30. The maximum atomic E-state index is 12.9. The molecule has 1 aromatic heterocycles. The summed E-state index contributed by atoms with van der Waals surface area (Å²) in [6.07, 6.45) is 0. The molecule has 4 rings (SSSR count). The second-order valence-corrected chi connectivity index (χ2v) is 7.46. The molecule has 0 saturated heterocycles. The van der Waals surface area contributed by atoms with Crippen LogP contribution in [0.5, 0.6) is 0 Å². The summed E-state index contributed by atoms with van der Waals surface area (Å²) < 4.78 is 2.72. The fourth-order valence-corrected chi connectivity index (χ4v) is 3.71. The first-order valence-electron chi connectivity index (χ1n) is 10.1. The second kappa shape index (κ2) is 8.83. The highest BCUT2D eigenvalue weighted by atomic mass is 16.2. The predicted octanol–water partition coefficient (Wildman–Crippen LogP) is 3.09. The number of rotatable bonds is 6. The molecule has 0 bridgehead atoms. The van der Waals surface area contributed by atoms with Crippen LogP contribution in [-0.4, -0.2) is 15.0 Å². The molecule has 31 heavy (non-hydrogen) atoms. The fraction of sp³-hybridized carbons (Fsp3) is 0.160. The van der Waals surface area contributed by atoms with Crippen LogP contribution in [0.1, 0.15) is 24.1 Å². The highest BCUT2D eigenvalue weighted by Crippen LogP contribution is 2.14. The lowest BCUT2D eigenvalue weighted by Crippen LogP contribution is -2.44. The van der Waals surface area contributed by atoms with E-state index in [2.05, 4.69) is 5.32 Å². The first kappa shape index (κ1) is 20.3. The van der Waals surface area contributed by atoms with Gasteiger partial charge in [-0.25, -0.2) is 0 Å². The van der Waals surface area contributed by atoms with E-state index < -0.39 is 11.1 Å². The van der Waals surface area contributed by atoms with Crippen LogP contribution in [-0.2, 0) is 17.9 Å². The Morgan fingerprint density at radius 1 is 0.774 bits per heavy atom. The number of para-hydroxylation sites is 2. The first-order chi connectivity index (χ1) is 15.0. The summed E-state index contributed by atoms with van der Waals surface area (Å²) in [6.45, 7) is 1.94. The van der Waals surface area contributed by atoms with Gasteiger partial charge < -0.3 is 5.32 Å². The summed E-state index contributed by atoms with van der Waals surface area (Å²) in [5.41, 5.74) is 1.68. The molecule has 6 heteroatoms. The van der Waals surface area contributed by atoms with E-state index in [0.717, 1.165) is 11.1 Å². The number of nitrogens with zero attached hydrogens (tertiary/aromatic N) is 2. The van der Waals surface area contributed by atoms with Gasteiger partial charge in [-0.15, -0.1) is 0 Å². The van der Waals surface area contributed by atoms with Crippen molar-refractivity contribution in [3.05, 3.63) is 117 Å². The molecule has 0 radical (unpaired) electrons. The minimum absolute atomic E-state index is 0.214. The monoisotopic (exact) mass is 413 g/mol. The lowest BCUT2D eigenvalue weighted by Gasteiger charge is -2.17. The van der Waals surface area contributed by atoms with Gasteiger partial charge in [0.25, 0.3) is 0 Å². The second-order valence-electron chi connectivity index (χ2n) is 7.46. The molecule has 4 aromatic rings. The molecule has 1 N–H and O–H groups in total. The van der Waals surface area contributed by atoms with Crippen molar-refractivity contribution < 1.29 is 4.79 Å². The van der Waals surface area contributed by atoms with Gasteiger partial charge >= 0.3 is 11.1 Å². The number of nitrogens with one attached hydrogen (secondary N) is 1. The Balaban J connectivity index is 1.68. The molecule has 3 aromatic carbocycles. The fourth-order valence-electron chi connectivity index (χ4n) is 3.71. The molecule has 0 fully saturated rings. The summed E-state index contributed by atoms with van der Waals surface area (Å²) in [5, 5.41) is 2.90. The number of fused-ring (bicyclic) bond motifs is 1. The zero-order valence-corrected chi connectivity index (χ0v) is 17.2. The number of carbonyl (C=O) groups is 1. The number of hydrogen-bond donors (Lipinski definition) is 1. The van der Waals surface area contributed by atoms with E-state index in [1.807, 2.05) is 73.7 Å². The zero-order chi connectivity index (χ0) is 21.8. The van der Waals surface area contributed by atoms with E-state index in [1.54, 1.807) is 18.2 Å². The van der Waals surface area contributed by atoms with Crippen LogP contribution in [0.3, 0.4) is 0 Å². The Hall–Kier alpha value is -3.93. The Bertz CT molecular complexity index is 1330. The summed E-state index contributed by atoms with van der Waals surface area (Å²) >= 11 is 0. The Morgan fingerprint density at radius 3 is 1.94 bits per heavy atom. The number of amides is 1. The molecular formula is C25H23N3O3. The van der Waals surface area contributed by atoms with Crippen LogP contribution in [0.2, 0.25) is 0 Å². The molecule has 0 saturated carbocycles. The lowest BCUT2D eigenvalue weighted by atomic mass is 10.1. The van der Waals surface area contributed by atoms with E-state index in [9.17, 15) is 14.4 Å². The summed E-state index contributed by atoms with van der Waals surface area (Å²) in [6, 6.07) is 26.0. The summed E-state index contributed by atoms with van der Waals surface area (Å²) in [5.74, 6) is -0.330. The van der Waals surface area contributed by atoms with Crippen molar-refractivity contribution in [1.82, 2.24) is 14.5 Å². The molecule has 0 aliphatic rings. The van der Waals surface area contributed by atoms with Crippen LogP contribution < -0.4 is 16.4 Å². The van der Waals surface area contributed by atoms with Crippen molar-refractivity contribution in [1.29, 1.82) is 0 Å². The van der Waals surface area contributed by atoms with Crippen LogP contribution in [0.4, 0.5) is 0 Å². The molecule has 6 nitrogen and oxygen atoms in total. The molecular weight excluding hydrogens is 390 g/mol. The van der Waals surface area contributed by atoms with E-state index in [-0.39, 0.29) is 25.0 Å². The van der Waals surface area contributed by atoms with E-state index in [0.29, 0.717) is 11.0 Å². The average molecular weight is 413 g/mol. The topological polar surface area (TPSA) is 73.1 Å². The highest BCUT2D eigenvalue weighted by molar-refractivity contribution is 5.80. The van der Waals surface area contributed by atoms with E-state index >= 15 is 0 Å². The van der Waals surface area contributed by atoms with Crippen LogP contribution in [0.25, 0.3) is 11.0 Å². The summed E-state index contributed by atoms with van der Waals surface area (Å²) in [7, 11) is 0. The quantitative estimate of drug-likeness (QED) is 0.494. The number of aromatic nitrogens is 2. The Labute approximate surface area is 179 Å². The van der Waals surface area contributed by atoms with Crippen LogP contribution in [0, 0.1) is 0 Å². The molecule has 0 aliphatic heterocycles. The Morgan fingerprint density at radius 2 is 1.29 bits per heavy atom. The average Bonchev–Trinajstić information content (AvgIpc) is 2.81. The third-order valence-electron chi connectivity index (χ3n) is 5.30. The molecule has 0 spiro atoms. The van der Waals surface area contributed by atoms with Gasteiger partial charge in [-0.3, -0.25) is 23.5 Å². The number of carbonyl (C=O) groups excluding carboxylic acids is 1. The van der Waals surface area contributed by atoms with Gasteiger partial charge in [-0.1, -0.05) is 72.8 Å². The largest absolute Gasteiger partial charge is 0.348 e. The molecule has 0 unspecified atom stereocenters. The molecule has 156 valence electrons. The number of benzene rings is 3. The van der Waals surface area contributed by atoms with Gasteiger partial charge in [0.2, 0.25) is 5.91 Å². The zero-order valence-electron chi connectivity index (χ0n) is 17.2. The van der Waals surface area contributed by atoms with Crippen molar-refractivity contribution in [3.63, 3.8) is 0 Å². The number of hydrogen-bond acceptors (Lipinski definition) is 3. The van der Waals surface area contributed by atoms with Gasteiger partial charge in [0.1, 0.15) is 6.54 Å². The SMILES string of the molecule is C[C@H](NC(=O)Cn1c(=O)c(=O)n(Cc2ccccc2)c2ccccc21)c1ccccc1. The Kier molecular flexibility index (Phi) is 5.80. The van der Waals surface area contributed by atoms with E-state index in [4.69, 9.17) is 0 Å².